The van der Waals surface area contributed by atoms with Crippen LogP contribution in [0.25, 0.3) is 0 Å². The molecule has 0 amide bonds. The van der Waals surface area contributed by atoms with Gasteiger partial charge in [-0.05, 0) is 48.4 Å². The summed E-state index contributed by atoms with van der Waals surface area (Å²) in [4.78, 5) is 0. The van der Waals surface area contributed by atoms with Crippen molar-refractivity contribution in [3.05, 3.63) is 33.8 Å². The van der Waals surface area contributed by atoms with E-state index in [1.807, 2.05) is 0 Å². The van der Waals surface area contributed by atoms with Gasteiger partial charge in [0.25, 0.3) is 6.02 Å². The Hall–Kier alpha value is -1.03. The molecule has 0 aliphatic heterocycles. The van der Waals surface area contributed by atoms with E-state index >= 15 is 0 Å². The van der Waals surface area contributed by atoms with Crippen molar-refractivity contribution in [3.8, 4) is 0 Å². The van der Waals surface area contributed by atoms with Crippen LogP contribution >= 0.6 is 15.9 Å². The number of nitrogens with one attached hydrogen (secondary N) is 1. The molecule has 0 saturated heterocycles. The summed E-state index contributed by atoms with van der Waals surface area (Å²) in [5.74, 6) is 0.477. The first-order chi connectivity index (χ1) is 7.65. The summed E-state index contributed by atoms with van der Waals surface area (Å²) in [5.41, 5.74) is 8.00. The highest BCUT2D eigenvalue weighted by Crippen LogP contribution is 2.28. The molecular weight excluding hydrogens is 268 g/mol. The fourth-order valence-corrected chi connectivity index (χ4v) is 2.56. The highest BCUT2D eigenvalue weighted by Gasteiger charge is 2.19. The molecule has 3 N–H and O–H groups in total. The van der Waals surface area contributed by atoms with Crippen LogP contribution in [-0.2, 0) is 17.6 Å². The molecule has 0 radical (unpaired) electrons. The number of rotatable bonds is 2. The maximum Gasteiger partial charge on any atom is 0.279 e. The molecule has 16 heavy (non-hydrogen) atoms. The smallest absolute Gasteiger partial charge is 0.279 e. The van der Waals surface area contributed by atoms with E-state index in [4.69, 9.17) is 15.9 Å². The summed E-state index contributed by atoms with van der Waals surface area (Å²) in [6, 6.07) is 6.27. The van der Waals surface area contributed by atoms with E-state index in [0.717, 1.165) is 23.7 Å². The lowest BCUT2D eigenvalue weighted by atomic mass is 9.84. The average molecular weight is 283 g/mol. The molecule has 0 heterocycles. The van der Waals surface area contributed by atoms with Gasteiger partial charge in [0.15, 0.2) is 0 Å². The van der Waals surface area contributed by atoms with Crippen LogP contribution in [-0.4, -0.2) is 12.6 Å². The Morgan fingerprint density at radius 1 is 1.50 bits per heavy atom. The van der Waals surface area contributed by atoms with Crippen molar-refractivity contribution in [2.45, 2.75) is 19.3 Å². The van der Waals surface area contributed by atoms with Gasteiger partial charge in [0, 0.05) is 4.47 Å². The summed E-state index contributed by atoms with van der Waals surface area (Å²) < 4.78 is 6.20. The van der Waals surface area contributed by atoms with E-state index in [9.17, 15) is 0 Å². The highest BCUT2D eigenvalue weighted by molar-refractivity contribution is 9.10. The van der Waals surface area contributed by atoms with Crippen LogP contribution in [0.2, 0.25) is 0 Å². The van der Waals surface area contributed by atoms with Crippen molar-refractivity contribution in [2.75, 3.05) is 6.61 Å². The molecule has 1 aliphatic rings. The standard InChI is InChI=1S/C12H15BrN2O/c13-11-4-3-9-2-1-8(5-10(9)6-11)7-16-12(14)15/h3-4,6,8H,1-2,5,7H2,(H3,14,15). The van der Waals surface area contributed by atoms with Gasteiger partial charge in [0.2, 0.25) is 0 Å². The SMILES string of the molecule is N=C(N)OCC1CCc2ccc(Br)cc2C1. The van der Waals surface area contributed by atoms with Crippen molar-refractivity contribution in [1.29, 1.82) is 5.41 Å². The van der Waals surface area contributed by atoms with Gasteiger partial charge >= 0.3 is 0 Å². The fourth-order valence-electron chi connectivity index (χ4n) is 2.15. The predicted molar refractivity (Wildman–Crippen MR) is 67.5 cm³/mol. The average Bonchev–Trinajstić information content (AvgIpc) is 2.25. The minimum absolute atomic E-state index is 0.181. The lowest BCUT2D eigenvalue weighted by molar-refractivity contribution is 0.218. The number of hydrogen-bond acceptors (Lipinski definition) is 2. The first-order valence-electron chi connectivity index (χ1n) is 5.39. The highest BCUT2D eigenvalue weighted by atomic mass is 79.9. The molecule has 4 heteroatoms. The molecule has 0 saturated carbocycles. The summed E-state index contributed by atoms with van der Waals surface area (Å²) in [5, 5.41) is 7.04. The molecule has 1 aliphatic carbocycles. The molecular formula is C12H15BrN2O. The molecule has 3 nitrogen and oxygen atoms in total. The predicted octanol–water partition coefficient (Wildman–Crippen LogP) is 2.46. The van der Waals surface area contributed by atoms with E-state index in [1.54, 1.807) is 0 Å². The summed E-state index contributed by atoms with van der Waals surface area (Å²) in [6.07, 6.45) is 3.22. The van der Waals surface area contributed by atoms with E-state index in [1.165, 1.54) is 11.1 Å². The molecule has 1 aromatic carbocycles. The normalized spacial score (nSPS) is 18.9. The molecule has 0 spiro atoms. The molecule has 1 atom stereocenters. The van der Waals surface area contributed by atoms with Gasteiger partial charge in [-0.1, -0.05) is 22.0 Å². The maximum absolute atomic E-state index is 7.04. The number of halogens is 1. The Morgan fingerprint density at radius 2 is 2.31 bits per heavy atom. The number of amidine groups is 1. The zero-order chi connectivity index (χ0) is 11.5. The number of fused-ring (bicyclic) bond motifs is 1. The van der Waals surface area contributed by atoms with Gasteiger partial charge in [-0.25, -0.2) is 0 Å². The molecule has 0 bridgehead atoms. The summed E-state index contributed by atoms with van der Waals surface area (Å²) in [6.45, 7) is 0.557. The number of hydrogen-bond donors (Lipinski definition) is 2. The van der Waals surface area contributed by atoms with Gasteiger partial charge in [-0.3, -0.25) is 5.41 Å². The second-order valence-electron chi connectivity index (χ2n) is 4.20. The van der Waals surface area contributed by atoms with Gasteiger partial charge in [0.1, 0.15) is 0 Å². The van der Waals surface area contributed by atoms with Gasteiger partial charge in [0.05, 0.1) is 6.61 Å². The second-order valence-corrected chi connectivity index (χ2v) is 5.11. The zero-order valence-electron chi connectivity index (χ0n) is 9.00. The first-order valence-corrected chi connectivity index (χ1v) is 6.18. The number of ether oxygens (including phenoxy) is 1. The largest absolute Gasteiger partial charge is 0.465 e. The third kappa shape index (κ3) is 2.76. The summed E-state index contributed by atoms with van der Waals surface area (Å²) in [7, 11) is 0. The Bertz CT molecular complexity index is 406. The van der Waals surface area contributed by atoms with Crippen molar-refractivity contribution in [2.24, 2.45) is 11.7 Å². The van der Waals surface area contributed by atoms with E-state index in [2.05, 4.69) is 34.1 Å². The van der Waals surface area contributed by atoms with Crippen molar-refractivity contribution in [3.63, 3.8) is 0 Å². The van der Waals surface area contributed by atoms with Gasteiger partial charge < -0.3 is 10.5 Å². The van der Waals surface area contributed by atoms with Crippen molar-refractivity contribution in [1.82, 2.24) is 0 Å². The Morgan fingerprint density at radius 3 is 3.06 bits per heavy atom. The van der Waals surface area contributed by atoms with Crippen molar-refractivity contribution < 1.29 is 4.74 Å². The molecule has 2 rings (SSSR count). The summed E-state index contributed by atoms with van der Waals surface area (Å²) >= 11 is 3.49. The number of nitrogens with two attached hydrogens (primary N) is 1. The topological polar surface area (TPSA) is 59.1 Å². The van der Waals surface area contributed by atoms with Crippen LogP contribution < -0.4 is 5.73 Å². The Labute approximate surface area is 104 Å². The lowest BCUT2D eigenvalue weighted by Crippen LogP contribution is -2.23. The molecule has 0 fully saturated rings. The molecule has 86 valence electrons. The third-order valence-corrected chi connectivity index (χ3v) is 3.47. The number of benzene rings is 1. The van der Waals surface area contributed by atoms with Gasteiger partial charge in [-0.2, -0.15) is 0 Å². The second kappa shape index (κ2) is 4.87. The molecule has 1 unspecified atom stereocenters. The first kappa shape index (κ1) is 11.5. The van der Waals surface area contributed by atoms with Crippen LogP contribution in [0.4, 0.5) is 0 Å². The van der Waals surface area contributed by atoms with E-state index in [-0.39, 0.29) is 6.02 Å². The zero-order valence-corrected chi connectivity index (χ0v) is 10.6. The Kier molecular flexibility index (Phi) is 3.49. The molecule has 1 aromatic rings. The van der Waals surface area contributed by atoms with Crippen molar-refractivity contribution >= 4 is 22.0 Å². The minimum Gasteiger partial charge on any atom is -0.465 e. The quantitative estimate of drug-likeness (QED) is 0.647. The van der Waals surface area contributed by atoms with Crippen LogP contribution in [0.5, 0.6) is 0 Å². The van der Waals surface area contributed by atoms with E-state index < -0.39 is 0 Å². The third-order valence-electron chi connectivity index (χ3n) is 2.97. The Balaban J connectivity index is 2.02. The van der Waals surface area contributed by atoms with Gasteiger partial charge in [-0.15, -0.1) is 0 Å². The van der Waals surface area contributed by atoms with E-state index in [0.29, 0.717) is 12.5 Å². The van der Waals surface area contributed by atoms with Crippen LogP contribution in [0.15, 0.2) is 22.7 Å². The monoisotopic (exact) mass is 282 g/mol. The fraction of sp³-hybridized carbons (Fsp3) is 0.417. The minimum atomic E-state index is -0.181. The van der Waals surface area contributed by atoms with Crippen LogP contribution in [0, 0.1) is 11.3 Å². The number of aryl methyl sites for hydroxylation is 1. The molecule has 0 aromatic heterocycles. The maximum atomic E-state index is 7.04. The van der Waals surface area contributed by atoms with Crippen LogP contribution in [0.3, 0.4) is 0 Å². The lowest BCUT2D eigenvalue weighted by Gasteiger charge is -2.24. The van der Waals surface area contributed by atoms with Crippen LogP contribution in [0.1, 0.15) is 17.5 Å².